The van der Waals surface area contributed by atoms with Gasteiger partial charge in [0.1, 0.15) is 5.54 Å². The zero-order chi connectivity index (χ0) is 20.2. The summed E-state index contributed by atoms with van der Waals surface area (Å²) in [5.74, 6) is -0.259. The van der Waals surface area contributed by atoms with Crippen LogP contribution in [0.5, 0.6) is 0 Å². The van der Waals surface area contributed by atoms with Crippen molar-refractivity contribution in [2.75, 3.05) is 32.7 Å². The third-order valence-corrected chi connectivity index (χ3v) is 7.05. The van der Waals surface area contributed by atoms with Crippen molar-refractivity contribution in [3.05, 3.63) is 29.3 Å². The maximum absolute atomic E-state index is 12.7. The lowest BCUT2D eigenvalue weighted by atomic mass is 9.90. The van der Waals surface area contributed by atoms with Gasteiger partial charge in [0.2, 0.25) is 15.9 Å². The third kappa shape index (κ3) is 5.20. The van der Waals surface area contributed by atoms with Gasteiger partial charge in [0.15, 0.2) is 0 Å². The molecule has 1 aromatic rings. The van der Waals surface area contributed by atoms with Crippen LogP contribution in [0.3, 0.4) is 0 Å². The van der Waals surface area contributed by atoms with Crippen molar-refractivity contribution in [1.29, 1.82) is 5.26 Å². The zero-order valence-corrected chi connectivity index (χ0v) is 17.3. The lowest BCUT2D eigenvalue weighted by molar-refractivity contribution is -0.124. The molecule has 1 heterocycles. The Morgan fingerprint density at radius 3 is 2.48 bits per heavy atom. The van der Waals surface area contributed by atoms with Crippen molar-refractivity contribution in [3.63, 3.8) is 0 Å². The van der Waals surface area contributed by atoms with Crippen molar-refractivity contribution in [1.82, 2.24) is 14.5 Å². The third-order valence-electron chi connectivity index (χ3n) is 4.92. The molecule has 0 spiro atoms. The fourth-order valence-electron chi connectivity index (χ4n) is 2.74. The molecule has 1 amide bonds. The molecule has 0 bridgehead atoms. The highest BCUT2D eigenvalue weighted by Gasteiger charge is 2.32. The summed E-state index contributed by atoms with van der Waals surface area (Å²) in [5, 5.41) is 12.4. The molecule has 1 saturated heterocycles. The molecular weight excluding hydrogens is 388 g/mol. The first-order valence-corrected chi connectivity index (χ1v) is 10.6. The second kappa shape index (κ2) is 8.57. The number of nitriles is 1. The molecule has 1 aliphatic rings. The SMILES string of the molecule is CC(C)[C@](C)(C#N)NC(=O)CN1CCN(S(=O)(=O)c2cccc(Cl)c2)CC1. The summed E-state index contributed by atoms with van der Waals surface area (Å²) >= 11 is 5.90. The van der Waals surface area contributed by atoms with Crippen LogP contribution in [0.2, 0.25) is 5.02 Å². The van der Waals surface area contributed by atoms with Crippen molar-refractivity contribution in [2.24, 2.45) is 5.92 Å². The summed E-state index contributed by atoms with van der Waals surface area (Å²) in [5.41, 5.74) is -0.922. The standard InChI is InChI=1S/C18H25ClN4O3S/c1-14(2)18(3,13-20)21-17(24)12-22-7-9-23(10-8-22)27(25,26)16-6-4-5-15(19)11-16/h4-6,11,14H,7-10,12H2,1-3H3,(H,21,24)/t18-/m0/s1. The van der Waals surface area contributed by atoms with Gasteiger partial charge in [-0.3, -0.25) is 9.69 Å². The number of benzene rings is 1. The summed E-state index contributed by atoms with van der Waals surface area (Å²) < 4.78 is 26.8. The molecule has 1 aromatic carbocycles. The lowest BCUT2D eigenvalue weighted by Crippen LogP contribution is -2.55. The Morgan fingerprint density at radius 2 is 1.96 bits per heavy atom. The van der Waals surface area contributed by atoms with Gasteiger partial charge in [-0.2, -0.15) is 9.57 Å². The predicted octanol–water partition coefficient (Wildman–Crippen LogP) is 1.70. The van der Waals surface area contributed by atoms with Crippen LogP contribution in [-0.2, 0) is 14.8 Å². The molecule has 148 valence electrons. The monoisotopic (exact) mass is 412 g/mol. The zero-order valence-electron chi connectivity index (χ0n) is 15.8. The van der Waals surface area contributed by atoms with E-state index < -0.39 is 15.6 Å². The molecule has 0 saturated carbocycles. The number of nitrogens with zero attached hydrogens (tertiary/aromatic N) is 3. The van der Waals surface area contributed by atoms with Crippen molar-refractivity contribution in [2.45, 2.75) is 31.2 Å². The smallest absolute Gasteiger partial charge is 0.243 e. The van der Waals surface area contributed by atoms with E-state index in [1.165, 1.54) is 16.4 Å². The van der Waals surface area contributed by atoms with Crippen LogP contribution < -0.4 is 5.32 Å². The number of carbonyl (C=O) groups is 1. The van der Waals surface area contributed by atoms with Gasteiger partial charge in [-0.05, 0) is 31.0 Å². The van der Waals surface area contributed by atoms with E-state index in [1.54, 1.807) is 19.1 Å². The number of amides is 1. The molecule has 1 fully saturated rings. The fourth-order valence-corrected chi connectivity index (χ4v) is 4.46. The molecule has 1 atom stereocenters. The summed E-state index contributed by atoms with van der Waals surface area (Å²) in [6.07, 6.45) is 0. The molecular formula is C18H25ClN4O3S. The topological polar surface area (TPSA) is 93.5 Å². The highest BCUT2D eigenvalue weighted by Crippen LogP contribution is 2.21. The van der Waals surface area contributed by atoms with E-state index in [2.05, 4.69) is 11.4 Å². The van der Waals surface area contributed by atoms with Crippen LogP contribution >= 0.6 is 11.6 Å². The van der Waals surface area contributed by atoms with Gasteiger partial charge >= 0.3 is 0 Å². The highest BCUT2D eigenvalue weighted by atomic mass is 35.5. The molecule has 1 aliphatic heterocycles. The Bertz CT molecular complexity index is 829. The van der Waals surface area contributed by atoms with Crippen LogP contribution in [0.1, 0.15) is 20.8 Å². The van der Waals surface area contributed by atoms with Gasteiger partial charge in [0.05, 0.1) is 17.5 Å². The first-order valence-electron chi connectivity index (χ1n) is 8.79. The summed E-state index contributed by atoms with van der Waals surface area (Å²) in [6, 6.07) is 8.34. The molecule has 1 N–H and O–H groups in total. The Hall–Kier alpha value is -1.66. The van der Waals surface area contributed by atoms with Crippen LogP contribution in [0, 0.1) is 17.2 Å². The first-order chi connectivity index (χ1) is 12.6. The second-order valence-corrected chi connectivity index (χ2v) is 9.53. The minimum Gasteiger partial charge on any atom is -0.337 e. The molecule has 7 nitrogen and oxygen atoms in total. The lowest BCUT2D eigenvalue weighted by Gasteiger charge is -2.34. The number of rotatable bonds is 6. The Balaban J connectivity index is 1.94. The number of sulfonamides is 1. The van der Waals surface area contributed by atoms with Crippen LogP contribution in [0.25, 0.3) is 0 Å². The number of halogens is 1. The van der Waals surface area contributed by atoms with Gasteiger partial charge in [0.25, 0.3) is 0 Å². The number of nitrogens with one attached hydrogen (secondary N) is 1. The summed E-state index contributed by atoms with van der Waals surface area (Å²) in [6.45, 7) is 7.06. The van der Waals surface area contributed by atoms with E-state index in [4.69, 9.17) is 11.6 Å². The van der Waals surface area contributed by atoms with Gasteiger partial charge in [-0.1, -0.05) is 31.5 Å². The number of hydrogen-bond donors (Lipinski definition) is 1. The van der Waals surface area contributed by atoms with Crippen molar-refractivity contribution < 1.29 is 13.2 Å². The molecule has 9 heteroatoms. The van der Waals surface area contributed by atoms with Crippen LogP contribution in [-0.4, -0.2) is 61.8 Å². The summed E-state index contributed by atoms with van der Waals surface area (Å²) in [7, 11) is -3.60. The second-order valence-electron chi connectivity index (χ2n) is 7.15. The van der Waals surface area contributed by atoms with E-state index >= 15 is 0 Å². The van der Waals surface area contributed by atoms with Gasteiger partial charge in [-0.25, -0.2) is 8.42 Å². The predicted molar refractivity (Wildman–Crippen MR) is 104 cm³/mol. The Morgan fingerprint density at radius 1 is 1.33 bits per heavy atom. The number of carbonyl (C=O) groups excluding carboxylic acids is 1. The van der Waals surface area contributed by atoms with E-state index in [0.29, 0.717) is 31.2 Å². The van der Waals surface area contributed by atoms with Crippen molar-refractivity contribution in [3.8, 4) is 6.07 Å². The molecule has 0 unspecified atom stereocenters. The average molecular weight is 413 g/mol. The van der Waals surface area contributed by atoms with Gasteiger partial charge < -0.3 is 5.32 Å². The highest BCUT2D eigenvalue weighted by molar-refractivity contribution is 7.89. The molecule has 0 aliphatic carbocycles. The molecule has 27 heavy (non-hydrogen) atoms. The van der Waals surface area contributed by atoms with Gasteiger partial charge in [0, 0.05) is 31.2 Å². The molecule has 2 rings (SSSR count). The normalized spacial score (nSPS) is 18.7. The van der Waals surface area contributed by atoms with Crippen molar-refractivity contribution >= 4 is 27.5 Å². The van der Waals surface area contributed by atoms with E-state index in [1.807, 2.05) is 18.7 Å². The number of piperazine rings is 1. The fraction of sp³-hybridized carbons (Fsp3) is 0.556. The Labute approximate surface area is 165 Å². The molecule has 0 radical (unpaired) electrons. The quantitative estimate of drug-likeness (QED) is 0.767. The molecule has 0 aromatic heterocycles. The van der Waals surface area contributed by atoms with E-state index in [9.17, 15) is 18.5 Å². The van der Waals surface area contributed by atoms with Gasteiger partial charge in [-0.15, -0.1) is 0 Å². The van der Waals surface area contributed by atoms with Crippen LogP contribution in [0.15, 0.2) is 29.2 Å². The first kappa shape index (κ1) is 21.6. The average Bonchev–Trinajstić information content (AvgIpc) is 2.61. The minimum absolute atomic E-state index is 0.0221. The maximum Gasteiger partial charge on any atom is 0.243 e. The largest absolute Gasteiger partial charge is 0.337 e. The minimum atomic E-state index is -3.60. The van der Waals surface area contributed by atoms with Crippen LogP contribution in [0.4, 0.5) is 0 Å². The summed E-state index contributed by atoms with van der Waals surface area (Å²) in [4.78, 5) is 14.3. The van der Waals surface area contributed by atoms with E-state index in [0.717, 1.165) is 0 Å². The number of hydrogen-bond acceptors (Lipinski definition) is 5. The van der Waals surface area contributed by atoms with E-state index in [-0.39, 0.29) is 23.3 Å². The maximum atomic E-state index is 12.7. The Kier molecular flexibility index (Phi) is 6.87.